The molecule has 1 unspecified atom stereocenters. The van der Waals surface area contributed by atoms with Crippen molar-refractivity contribution < 1.29 is 22.3 Å². The SMILES string of the molecule is CC(C)Oc1cc(F)ccc1Nc1ncnc2[nH]c3c(c12)CC(C(=O)NCCCS(C)(=O)=O)CC3. The van der Waals surface area contributed by atoms with Crippen LogP contribution < -0.4 is 15.4 Å². The van der Waals surface area contributed by atoms with Crippen LogP contribution in [0.5, 0.6) is 5.75 Å². The lowest BCUT2D eigenvalue weighted by Crippen LogP contribution is -2.35. The first-order chi connectivity index (χ1) is 16.6. The number of aromatic amines is 1. The minimum absolute atomic E-state index is 0.0445. The molecule has 1 aliphatic carbocycles. The van der Waals surface area contributed by atoms with Gasteiger partial charge in [-0.15, -0.1) is 0 Å². The highest BCUT2D eigenvalue weighted by molar-refractivity contribution is 7.90. The smallest absolute Gasteiger partial charge is 0.223 e. The summed E-state index contributed by atoms with van der Waals surface area (Å²) in [6, 6.07) is 4.29. The quantitative estimate of drug-likeness (QED) is 0.383. The summed E-state index contributed by atoms with van der Waals surface area (Å²) in [6.45, 7) is 4.06. The van der Waals surface area contributed by atoms with Gasteiger partial charge < -0.3 is 20.4 Å². The number of aryl methyl sites for hydroxylation is 1. The molecule has 1 atom stereocenters. The number of carbonyl (C=O) groups is 1. The fourth-order valence-electron chi connectivity index (χ4n) is 4.33. The molecule has 0 saturated heterocycles. The summed E-state index contributed by atoms with van der Waals surface area (Å²) in [4.78, 5) is 24.9. The lowest BCUT2D eigenvalue weighted by atomic mass is 9.86. The zero-order valence-corrected chi connectivity index (χ0v) is 20.8. The molecule has 1 amide bonds. The van der Waals surface area contributed by atoms with Gasteiger partial charge >= 0.3 is 0 Å². The summed E-state index contributed by atoms with van der Waals surface area (Å²) >= 11 is 0. The van der Waals surface area contributed by atoms with Crippen LogP contribution in [0.15, 0.2) is 24.5 Å². The van der Waals surface area contributed by atoms with Crippen molar-refractivity contribution in [2.75, 3.05) is 23.9 Å². The maximum absolute atomic E-state index is 13.8. The lowest BCUT2D eigenvalue weighted by Gasteiger charge is -2.22. The standard InChI is InChI=1S/C24H30FN5O4S/c1-14(2)34-20-12-16(25)6-8-19(20)30-23-21-17-11-15(24(31)26-9-4-10-35(3,32)33)5-7-18(17)29-22(21)27-13-28-23/h6,8,12-15H,4-5,7,9-11H2,1-3H3,(H,26,31)(H2,27,28,29,30). The molecular weight excluding hydrogens is 473 g/mol. The highest BCUT2D eigenvalue weighted by atomic mass is 32.2. The highest BCUT2D eigenvalue weighted by Gasteiger charge is 2.29. The van der Waals surface area contributed by atoms with Crippen molar-refractivity contribution in [1.29, 1.82) is 0 Å². The molecule has 3 N–H and O–H groups in total. The number of nitrogens with one attached hydrogen (secondary N) is 3. The Balaban J connectivity index is 1.56. The van der Waals surface area contributed by atoms with Crippen LogP contribution in [0.1, 0.15) is 37.9 Å². The Morgan fingerprint density at radius 1 is 1.31 bits per heavy atom. The van der Waals surface area contributed by atoms with Crippen LogP contribution in [0.25, 0.3) is 11.0 Å². The number of rotatable bonds is 9. The Bertz CT molecular complexity index is 1340. The lowest BCUT2D eigenvalue weighted by molar-refractivity contribution is -0.125. The average Bonchev–Trinajstić information content (AvgIpc) is 3.16. The fourth-order valence-corrected chi connectivity index (χ4v) is 5.00. The molecule has 9 nitrogen and oxygen atoms in total. The van der Waals surface area contributed by atoms with Crippen molar-refractivity contribution in [2.45, 2.75) is 45.6 Å². The molecule has 188 valence electrons. The van der Waals surface area contributed by atoms with Crippen LogP contribution in [0.3, 0.4) is 0 Å². The molecule has 1 aliphatic rings. The monoisotopic (exact) mass is 503 g/mol. The number of aromatic nitrogens is 3. The van der Waals surface area contributed by atoms with Gasteiger partial charge in [-0.1, -0.05) is 0 Å². The molecule has 35 heavy (non-hydrogen) atoms. The first-order valence-corrected chi connectivity index (χ1v) is 13.7. The number of sulfone groups is 1. The molecule has 0 aliphatic heterocycles. The molecule has 0 fully saturated rings. The number of anilines is 2. The summed E-state index contributed by atoms with van der Waals surface area (Å²) < 4.78 is 42.2. The molecule has 11 heteroatoms. The number of amides is 1. The number of ether oxygens (including phenoxy) is 1. The molecule has 1 aromatic carbocycles. The maximum Gasteiger partial charge on any atom is 0.223 e. The van der Waals surface area contributed by atoms with Gasteiger partial charge in [-0.3, -0.25) is 4.79 Å². The largest absolute Gasteiger partial charge is 0.489 e. The van der Waals surface area contributed by atoms with Crippen LogP contribution >= 0.6 is 0 Å². The number of carbonyl (C=O) groups excluding carboxylic acids is 1. The minimum atomic E-state index is -3.05. The van der Waals surface area contributed by atoms with E-state index in [-0.39, 0.29) is 23.7 Å². The van der Waals surface area contributed by atoms with Crippen molar-refractivity contribution in [3.05, 3.63) is 41.6 Å². The van der Waals surface area contributed by atoms with Crippen LogP contribution in [0.4, 0.5) is 15.9 Å². The van der Waals surface area contributed by atoms with Crippen molar-refractivity contribution in [2.24, 2.45) is 5.92 Å². The molecule has 0 radical (unpaired) electrons. The van der Waals surface area contributed by atoms with Crippen LogP contribution in [0, 0.1) is 11.7 Å². The third-order valence-corrected chi connectivity index (χ3v) is 6.93. The van der Waals surface area contributed by atoms with E-state index >= 15 is 0 Å². The van der Waals surface area contributed by atoms with Gasteiger partial charge in [0.15, 0.2) is 0 Å². The number of halogens is 1. The van der Waals surface area contributed by atoms with Crippen molar-refractivity contribution in [3.8, 4) is 5.75 Å². The zero-order valence-electron chi connectivity index (χ0n) is 20.0. The minimum Gasteiger partial charge on any atom is -0.489 e. The molecule has 3 aromatic rings. The van der Waals surface area contributed by atoms with Gasteiger partial charge in [-0.2, -0.15) is 0 Å². The van der Waals surface area contributed by atoms with Gasteiger partial charge in [0.1, 0.15) is 39.2 Å². The molecule has 2 aromatic heterocycles. The maximum atomic E-state index is 13.8. The second kappa shape index (κ2) is 10.2. The third kappa shape index (κ3) is 6.08. The van der Waals surface area contributed by atoms with E-state index in [0.717, 1.165) is 16.6 Å². The Morgan fingerprint density at radius 3 is 2.86 bits per heavy atom. The van der Waals surface area contributed by atoms with E-state index in [1.165, 1.54) is 24.7 Å². The predicted octanol–water partition coefficient (Wildman–Crippen LogP) is 3.28. The van der Waals surface area contributed by atoms with E-state index in [9.17, 15) is 17.6 Å². The Labute approximate surface area is 203 Å². The summed E-state index contributed by atoms with van der Waals surface area (Å²) in [5.74, 6) is 0.241. The Kier molecular flexibility index (Phi) is 7.25. The first kappa shape index (κ1) is 24.9. The normalized spacial score (nSPS) is 15.7. The van der Waals surface area contributed by atoms with E-state index in [1.807, 2.05) is 13.8 Å². The summed E-state index contributed by atoms with van der Waals surface area (Å²) in [6.07, 6.45) is 4.75. The fraction of sp³-hybridized carbons (Fsp3) is 0.458. The van der Waals surface area contributed by atoms with Gasteiger partial charge in [0.05, 0.1) is 22.9 Å². The molecule has 4 rings (SSSR count). The van der Waals surface area contributed by atoms with Crippen molar-refractivity contribution >= 4 is 38.3 Å². The second-order valence-electron chi connectivity index (χ2n) is 9.17. The Hall–Kier alpha value is -3.21. The second-order valence-corrected chi connectivity index (χ2v) is 11.4. The van der Waals surface area contributed by atoms with Crippen molar-refractivity contribution in [3.63, 3.8) is 0 Å². The number of benzene rings is 1. The first-order valence-electron chi connectivity index (χ1n) is 11.6. The molecule has 0 saturated carbocycles. The number of hydrogen-bond acceptors (Lipinski definition) is 7. The molecule has 0 bridgehead atoms. The highest BCUT2D eigenvalue weighted by Crippen LogP contribution is 2.37. The van der Waals surface area contributed by atoms with Gasteiger partial charge in [-0.05, 0) is 57.2 Å². The molecule has 2 heterocycles. The van der Waals surface area contributed by atoms with E-state index < -0.39 is 15.7 Å². The van der Waals surface area contributed by atoms with E-state index in [4.69, 9.17) is 4.74 Å². The van der Waals surface area contributed by atoms with Gasteiger partial charge in [0.25, 0.3) is 0 Å². The van der Waals surface area contributed by atoms with E-state index in [0.29, 0.717) is 55.1 Å². The Morgan fingerprint density at radius 2 is 2.11 bits per heavy atom. The van der Waals surface area contributed by atoms with Gasteiger partial charge in [0.2, 0.25) is 5.91 Å². The van der Waals surface area contributed by atoms with Crippen LogP contribution in [-0.4, -0.2) is 53.9 Å². The summed E-state index contributed by atoms with van der Waals surface area (Å²) in [5, 5.41) is 6.92. The summed E-state index contributed by atoms with van der Waals surface area (Å²) in [7, 11) is -3.05. The van der Waals surface area contributed by atoms with E-state index in [2.05, 4.69) is 25.6 Å². The predicted molar refractivity (Wildman–Crippen MR) is 132 cm³/mol. The number of hydrogen-bond donors (Lipinski definition) is 3. The van der Waals surface area contributed by atoms with Crippen LogP contribution in [0.2, 0.25) is 0 Å². The van der Waals surface area contributed by atoms with Gasteiger partial charge in [0, 0.05) is 30.5 Å². The summed E-state index contributed by atoms with van der Waals surface area (Å²) in [5.41, 5.74) is 3.22. The number of H-pyrrole nitrogens is 1. The average molecular weight is 504 g/mol. The molecular formula is C24H30FN5O4S. The number of nitrogens with zero attached hydrogens (tertiary/aromatic N) is 2. The number of fused-ring (bicyclic) bond motifs is 3. The van der Waals surface area contributed by atoms with Crippen LogP contribution in [-0.2, 0) is 27.5 Å². The third-order valence-electron chi connectivity index (χ3n) is 5.90. The van der Waals surface area contributed by atoms with E-state index in [1.54, 1.807) is 6.07 Å². The van der Waals surface area contributed by atoms with Crippen molar-refractivity contribution in [1.82, 2.24) is 20.3 Å². The molecule has 0 spiro atoms. The topological polar surface area (TPSA) is 126 Å². The van der Waals surface area contributed by atoms with Gasteiger partial charge in [-0.25, -0.2) is 22.8 Å². The zero-order chi connectivity index (χ0) is 25.2.